The van der Waals surface area contributed by atoms with E-state index in [9.17, 15) is 10.2 Å². The van der Waals surface area contributed by atoms with Crippen LogP contribution in [0.15, 0.2) is 30.3 Å². The van der Waals surface area contributed by atoms with E-state index in [2.05, 4.69) is 0 Å². The van der Waals surface area contributed by atoms with E-state index in [4.69, 9.17) is 18.9 Å². The Morgan fingerprint density at radius 3 is 2.57 bits per heavy atom. The summed E-state index contributed by atoms with van der Waals surface area (Å²) in [5.41, 5.74) is 0. The van der Waals surface area contributed by atoms with Crippen LogP contribution in [-0.2, 0) is 14.2 Å². The SMILES string of the molecule is CC1(C)OC[C@@H]2O[C@@H](Oc3ccccc3)[C@H](O)[C@@H](O)[C@@H]2O1. The molecule has 0 saturated carbocycles. The highest BCUT2D eigenvalue weighted by atomic mass is 16.8. The minimum Gasteiger partial charge on any atom is -0.462 e. The molecule has 2 fully saturated rings. The first-order chi connectivity index (χ1) is 9.96. The van der Waals surface area contributed by atoms with Gasteiger partial charge in [-0.05, 0) is 26.0 Å². The maximum atomic E-state index is 10.3. The molecular formula is C15H20O6. The van der Waals surface area contributed by atoms with Crippen LogP contribution in [0.3, 0.4) is 0 Å². The Morgan fingerprint density at radius 2 is 1.86 bits per heavy atom. The largest absolute Gasteiger partial charge is 0.462 e. The highest BCUT2D eigenvalue weighted by Gasteiger charge is 2.51. The highest BCUT2D eigenvalue weighted by Crippen LogP contribution is 2.33. The fraction of sp³-hybridized carbons (Fsp3) is 0.600. The molecule has 6 nitrogen and oxygen atoms in total. The van der Waals surface area contributed by atoms with Gasteiger partial charge in [0, 0.05) is 0 Å². The fourth-order valence-electron chi connectivity index (χ4n) is 2.56. The second-order valence-corrected chi connectivity index (χ2v) is 5.75. The van der Waals surface area contributed by atoms with Gasteiger partial charge in [-0.15, -0.1) is 0 Å². The fourth-order valence-corrected chi connectivity index (χ4v) is 2.56. The molecule has 6 heteroatoms. The molecule has 2 heterocycles. The van der Waals surface area contributed by atoms with E-state index in [1.165, 1.54) is 0 Å². The van der Waals surface area contributed by atoms with Gasteiger partial charge in [0.1, 0.15) is 30.2 Å². The summed E-state index contributed by atoms with van der Waals surface area (Å²) in [5.74, 6) is -0.247. The average molecular weight is 296 g/mol. The lowest BCUT2D eigenvalue weighted by Crippen LogP contribution is -2.65. The Bertz CT molecular complexity index is 474. The van der Waals surface area contributed by atoms with Gasteiger partial charge in [0.2, 0.25) is 6.29 Å². The number of benzene rings is 1. The quantitative estimate of drug-likeness (QED) is 0.835. The number of fused-ring (bicyclic) bond motifs is 1. The molecule has 116 valence electrons. The molecular weight excluding hydrogens is 276 g/mol. The zero-order valence-electron chi connectivity index (χ0n) is 12.0. The molecule has 0 unspecified atom stereocenters. The Hall–Kier alpha value is -1.18. The van der Waals surface area contributed by atoms with E-state index in [1.54, 1.807) is 26.0 Å². The van der Waals surface area contributed by atoms with Crippen molar-refractivity contribution in [2.45, 2.75) is 50.3 Å². The smallest absolute Gasteiger partial charge is 0.229 e. The van der Waals surface area contributed by atoms with Crippen LogP contribution < -0.4 is 4.74 Å². The molecule has 2 N–H and O–H groups in total. The van der Waals surface area contributed by atoms with Crippen LogP contribution >= 0.6 is 0 Å². The lowest BCUT2D eigenvalue weighted by atomic mass is 9.97. The number of aliphatic hydroxyl groups is 2. The van der Waals surface area contributed by atoms with Crippen LogP contribution in [-0.4, -0.2) is 53.3 Å². The van der Waals surface area contributed by atoms with Crippen LogP contribution in [0, 0.1) is 0 Å². The van der Waals surface area contributed by atoms with E-state index < -0.39 is 36.5 Å². The van der Waals surface area contributed by atoms with E-state index in [-0.39, 0.29) is 6.61 Å². The third kappa shape index (κ3) is 3.04. The number of rotatable bonds is 2. The molecule has 2 aliphatic heterocycles. The van der Waals surface area contributed by atoms with Crippen molar-refractivity contribution in [1.29, 1.82) is 0 Å². The Labute approximate surface area is 123 Å². The molecule has 2 saturated heterocycles. The summed E-state index contributed by atoms with van der Waals surface area (Å²) in [5, 5.41) is 20.5. The molecule has 0 spiro atoms. The molecule has 3 rings (SSSR count). The summed E-state index contributed by atoms with van der Waals surface area (Å²) < 4.78 is 22.5. The number of ether oxygens (including phenoxy) is 4. The number of para-hydroxylation sites is 1. The molecule has 5 atom stereocenters. The maximum Gasteiger partial charge on any atom is 0.229 e. The first kappa shape index (κ1) is 14.7. The van der Waals surface area contributed by atoms with Crippen molar-refractivity contribution in [3.63, 3.8) is 0 Å². The van der Waals surface area contributed by atoms with Gasteiger partial charge in [-0.1, -0.05) is 18.2 Å². The predicted octanol–water partition coefficient (Wildman–Crippen LogP) is 0.664. The van der Waals surface area contributed by atoms with Gasteiger partial charge in [0.05, 0.1) is 6.61 Å². The molecule has 0 aliphatic carbocycles. The van der Waals surface area contributed by atoms with Crippen molar-refractivity contribution in [3.05, 3.63) is 30.3 Å². The van der Waals surface area contributed by atoms with Gasteiger partial charge in [-0.2, -0.15) is 0 Å². The minimum absolute atomic E-state index is 0.274. The molecule has 1 aromatic rings. The topological polar surface area (TPSA) is 77.4 Å². The molecule has 2 aliphatic rings. The maximum absolute atomic E-state index is 10.3. The monoisotopic (exact) mass is 296 g/mol. The van der Waals surface area contributed by atoms with Gasteiger partial charge in [0.15, 0.2) is 5.79 Å². The zero-order valence-corrected chi connectivity index (χ0v) is 12.0. The van der Waals surface area contributed by atoms with Crippen molar-refractivity contribution < 1.29 is 29.2 Å². The first-order valence-corrected chi connectivity index (χ1v) is 7.01. The molecule has 21 heavy (non-hydrogen) atoms. The van der Waals surface area contributed by atoms with Crippen LogP contribution in [0.4, 0.5) is 0 Å². The van der Waals surface area contributed by atoms with Crippen molar-refractivity contribution >= 4 is 0 Å². The van der Waals surface area contributed by atoms with Gasteiger partial charge in [0.25, 0.3) is 0 Å². The van der Waals surface area contributed by atoms with Crippen molar-refractivity contribution in [1.82, 2.24) is 0 Å². The highest BCUT2D eigenvalue weighted by molar-refractivity contribution is 5.21. The third-order valence-electron chi connectivity index (χ3n) is 3.65. The Morgan fingerprint density at radius 1 is 1.14 bits per heavy atom. The molecule has 1 aromatic carbocycles. The van der Waals surface area contributed by atoms with Crippen LogP contribution in [0.5, 0.6) is 5.75 Å². The second kappa shape index (κ2) is 5.55. The van der Waals surface area contributed by atoms with Crippen molar-refractivity contribution in [2.75, 3.05) is 6.61 Å². The Kier molecular flexibility index (Phi) is 3.90. The second-order valence-electron chi connectivity index (χ2n) is 5.75. The summed E-state index contributed by atoms with van der Waals surface area (Å²) in [6.07, 6.45) is -4.37. The van der Waals surface area contributed by atoms with Gasteiger partial charge in [-0.3, -0.25) is 0 Å². The lowest BCUT2D eigenvalue weighted by molar-refractivity contribution is -0.373. The zero-order chi connectivity index (χ0) is 15.0. The predicted molar refractivity (Wildman–Crippen MR) is 72.6 cm³/mol. The van der Waals surface area contributed by atoms with Gasteiger partial charge < -0.3 is 29.2 Å². The average Bonchev–Trinajstić information content (AvgIpc) is 2.46. The summed E-state index contributed by atoms with van der Waals surface area (Å²) >= 11 is 0. The van der Waals surface area contributed by atoms with Gasteiger partial charge >= 0.3 is 0 Å². The summed E-state index contributed by atoms with van der Waals surface area (Å²) in [6, 6.07) is 9.01. The van der Waals surface area contributed by atoms with Crippen LogP contribution in [0.1, 0.15) is 13.8 Å². The molecule has 0 amide bonds. The standard InChI is InChI=1S/C15H20O6/c1-15(2)18-8-10-13(21-15)11(16)12(17)14(20-10)19-9-6-4-3-5-7-9/h3-7,10-14,16-17H,8H2,1-2H3/t10-,11+,12+,13+,14+/m0/s1. The third-order valence-corrected chi connectivity index (χ3v) is 3.65. The van der Waals surface area contributed by atoms with E-state index >= 15 is 0 Å². The lowest BCUT2D eigenvalue weighted by Gasteiger charge is -2.48. The normalized spacial score (nSPS) is 38.6. The number of aliphatic hydroxyl groups excluding tert-OH is 2. The number of hydrogen-bond acceptors (Lipinski definition) is 6. The summed E-state index contributed by atoms with van der Waals surface area (Å²) in [4.78, 5) is 0. The van der Waals surface area contributed by atoms with E-state index in [0.29, 0.717) is 5.75 Å². The summed E-state index contributed by atoms with van der Waals surface area (Å²) in [6.45, 7) is 3.79. The van der Waals surface area contributed by atoms with E-state index in [0.717, 1.165) is 0 Å². The van der Waals surface area contributed by atoms with Crippen LogP contribution in [0.2, 0.25) is 0 Å². The first-order valence-electron chi connectivity index (χ1n) is 7.01. The van der Waals surface area contributed by atoms with E-state index in [1.807, 2.05) is 18.2 Å². The minimum atomic E-state index is -1.19. The number of hydrogen-bond donors (Lipinski definition) is 2. The van der Waals surface area contributed by atoms with Crippen LogP contribution in [0.25, 0.3) is 0 Å². The van der Waals surface area contributed by atoms with Crippen molar-refractivity contribution in [3.8, 4) is 5.75 Å². The molecule has 0 aromatic heterocycles. The van der Waals surface area contributed by atoms with Gasteiger partial charge in [-0.25, -0.2) is 0 Å². The molecule has 0 bridgehead atoms. The summed E-state index contributed by atoms with van der Waals surface area (Å²) in [7, 11) is 0. The Balaban J connectivity index is 1.72. The molecule has 0 radical (unpaired) electrons. The van der Waals surface area contributed by atoms with Crippen molar-refractivity contribution in [2.24, 2.45) is 0 Å².